The predicted molar refractivity (Wildman–Crippen MR) is 87.0 cm³/mol. The van der Waals surface area contributed by atoms with Gasteiger partial charge in [0.25, 0.3) is 0 Å². The Morgan fingerprint density at radius 3 is 2.71 bits per heavy atom. The van der Waals surface area contributed by atoms with E-state index in [1.165, 1.54) is 5.56 Å². The van der Waals surface area contributed by atoms with Gasteiger partial charge in [-0.15, -0.1) is 0 Å². The molecule has 3 nitrogen and oxygen atoms in total. The van der Waals surface area contributed by atoms with Gasteiger partial charge in [0, 0.05) is 27.9 Å². The Labute approximate surface area is 128 Å². The number of hydrogen-bond acceptors (Lipinski definition) is 3. The maximum Gasteiger partial charge on any atom is 0.106 e. The van der Waals surface area contributed by atoms with Crippen molar-refractivity contribution in [1.82, 2.24) is 4.98 Å². The average molecular weight is 301 g/mol. The Kier molecular flexibility index (Phi) is 3.60. The number of rotatable bonds is 3. The van der Waals surface area contributed by atoms with Crippen LogP contribution in [0.3, 0.4) is 0 Å². The molecule has 2 heterocycles. The number of fused-ring (bicyclic) bond motifs is 1. The van der Waals surface area contributed by atoms with Crippen LogP contribution in [-0.2, 0) is 0 Å². The van der Waals surface area contributed by atoms with Gasteiger partial charge in [0.15, 0.2) is 0 Å². The largest absolute Gasteiger partial charge is 0.466 e. The van der Waals surface area contributed by atoms with Gasteiger partial charge in [0.2, 0.25) is 0 Å². The lowest BCUT2D eigenvalue weighted by Crippen LogP contribution is -2.07. The van der Waals surface area contributed by atoms with Crippen molar-refractivity contribution in [3.8, 4) is 0 Å². The molecule has 108 valence electrons. The monoisotopic (exact) mass is 300 g/mol. The molecule has 0 saturated heterocycles. The first-order valence-corrected chi connectivity index (χ1v) is 7.30. The summed E-state index contributed by atoms with van der Waals surface area (Å²) in [5.41, 5.74) is 3.11. The van der Waals surface area contributed by atoms with E-state index in [0.717, 1.165) is 28.1 Å². The highest BCUT2D eigenvalue weighted by Crippen LogP contribution is 2.29. The van der Waals surface area contributed by atoms with Crippen LogP contribution in [0.1, 0.15) is 30.0 Å². The molecule has 0 aliphatic carbocycles. The van der Waals surface area contributed by atoms with Gasteiger partial charge in [-0.2, -0.15) is 0 Å². The van der Waals surface area contributed by atoms with Crippen molar-refractivity contribution < 1.29 is 4.42 Å². The smallest absolute Gasteiger partial charge is 0.106 e. The summed E-state index contributed by atoms with van der Waals surface area (Å²) in [6.07, 6.45) is 1.79. The van der Waals surface area contributed by atoms with Crippen molar-refractivity contribution >= 4 is 28.2 Å². The quantitative estimate of drug-likeness (QED) is 0.716. The zero-order valence-corrected chi connectivity index (χ0v) is 13.0. The van der Waals surface area contributed by atoms with Gasteiger partial charge in [0.1, 0.15) is 11.5 Å². The molecular formula is C17H17ClN2O. The second kappa shape index (κ2) is 5.41. The van der Waals surface area contributed by atoms with Gasteiger partial charge < -0.3 is 9.73 Å². The minimum Gasteiger partial charge on any atom is -0.466 e. The molecule has 0 radical (unpaired) electrons. The van der Waals surface area contributed by atoms with Gasteiger partial charge in [0.05, 0.1) is 11.6 Å². The number of halogens is 1. The van der Waals surface area contributed by atoms with Crippen LogP contribution in [0.4, 0.5) is 5.69 Å². The number of pyridine rings is 1. The van der Waals surface area contributed by atoms with Gasteiger partial charge in [-0.3, -0.25) is 4.98 Å². The fraction of sp³-hybridized carbons (Fsp3) is 0.235. The van der Waals surface area contributed by atoms with Crippen molar-refractivity contribution in [2.24, 2.45) is 0 Å². The Morgan fingerprint density at radius 1 is 1.19 bits per heavy atom. The van der Waals surface area contributed by atoms with Crippen LogP contribution in [0.15, 0.2) is 40.9 Å². The lowest BCUT2D eigenvalue weighted by atomic mass is 10.1. The Balaban J connectivity index is 1.96. The van der Waals surface area contributed by atoms with E-state index >= 15 is 0 Å². The van der Waals surface area contributed by atoms with Gasteiger partial charge in [-0.25, -0.2) is 0 Å². The molecule has 2 aromatic heterocycles. The van der Waals surface area contributed by atoms with Crippen LogP contribution in [0.5, 0.6) is 0 Å². The van der Waals surface area contributed by atoms with Crippen LogP contribution < -0.4 is 5.32 Å². The van der Waals surface area contributed by atoms with E-state index in [1.54, 1.807) is 6.20 Å². The minimum atomic E-state index is 0.156. The van der Waals surface area contributed by atoms with Crippen LogP contribution >= 0.6 is 11.6 Å². The van der Waals surface area contributed by atoms with Crippen LogP contribution in [0.25, 0.3) is 10.9 Å². The zero-order chi connectivity index (χ0) is 15.0. The van der Waals surface area contributed by atoms with Crippen LogP contribution in [0.2, 0.25) is 5.02 Å². The molecule has 0 aliphatic heterocycles. The number of hydrogen-bond donors (Lipinski definition) is 1. The maximum absolute atomic E-state index is 6.02. The van der Waals surface area contributed by atoms with E-state index in [2.05, 4.69) is 23.3 Å². The van der Waals surface area contributed by atoms with Gasteiger partial charge in [-0.1, -0.05) is 11.6 Å². The summed E-state index contributed by atoms with van der Waals surface area (Å²) in [6, 6.07) is 9.97. The molecule has 0 fully saturated rings. The first-order chi connectivity index (χ1) is 10.0. The molecule has 1 unspecified atom stereocenters. The Bertz CT molecular complexity index is 795. The molecule has 3 rings (SSSR count). The maximum atomic E-state index is 6.02. The first kappa shape index (κ1) is 14.0. The fourth-order valence-corrected chi connectivity index (χ4v) is 2.80. The van der Waals surface area contributed by atoms with Crippen molar-refractivity contribution in [1.29, 1.82) is 0 Å². The summed E-state index contributed by atoms with van der Waals surface area (Å²) < 4.78 is 5.61. The van der Waals surface area contributed by atoms with Crippen LogP contribution in [-0.4, -0.2) is 4.98 Å². The molecule has 1 N–H and O–H groups in total. The molecule has 1 atom stereocenters. The van der Waals surface area contributed by atoms with E-state index in [-0.39, 0.29) is 6.04 Å². The predicted octanol–water partition coefficient (Wildman–Crippen LogP) is 5.27. The third kappa shape index (κ3) is 2.74. The number of nitrogens with zero attached hydrogens (tertiary/aromatic N) is 1. The molecule has 0 bridgehead atoms. The standard InChI is InChI=1S/C17H17ClN2O/c1-10-8-15(12(3)21-10)11(2)20-16-6-7-19-17-9-13(18)4-5-14(16)17/h4-9,11H,1-3H3,(H,19,20). The number of aryl methyl sites for hydroxylation is 2. The lowest BCUT2D eigenvalue weighted by Gasteiger charge is -2.16. The molecule has 0 aliphatic rings. The number of furan rings is 1. The number of aromatic nitrogens is 1. The summed E-state index contributed by atoms with van der Waals surface area (Å²) in [4.78, 5) is 4.36. The summed E-state index contributed by atoms with van der Waals surface area (Å²) in [7, 11) is 0. The summed E-state index contributed by atoms with van der Waals surface area (Å²) in [6.45, 7) is 6.08. The normalized spacial score (nSPS) is 12.6. The summed E-state index contributed by atoms with van der Waals surface area (Å²) in [5.74, 6) is 1.89. The van der Waals surface area contributed by atoms with Crippen molar-refractivity contribution in [3.05, 3.63) is 58.6 Å². The van der Waals surface area contributed by atoms with Crippen molar-refractivity contribution in [3.63, 3.8) is 0 Å². The molecule has 1 aromatic carbocycles. The molecular weight excluding hydrogens is 284 g/mol. The molecule has 3 aromatic rings. The van der Waals surface area contributed by atoms with Crippen LogP contribution in [0, 0.1) is 13.8 Å². The zero-order valence-electron chi connectivity index (χ0n) is 12.3. The highest BCUT2D eigenvalue weighted by atomic mass is 35.5. The van der Waals surface area contributed by atoms with Gasteiger partial charge >= 0.3 is 0 Å². The molecule has 4 heteroatoms. The number of nitrogens with one attached hydrogen (secondary N) is 1. The average Bonchev–Trinajstić information content (AvgIpc) is 2.77. The minimum absolute atomic E-state index is 0.156. The molecule has 0 spiro atoms. The van der Waals surface area contributed by atoms with E-state index in [4.69, 9.17) is 16.0 Å². The summed E-state index contributed by atoms with van der Waals surface area (Å²) in [5, 5.41) is 5.29. The first-order valence-electron chi connectivity index (χ1n) is 6.92. The third-order valence-corrected chi connectivity index (χ3v) is 3.86. The van der Waals surface area contributed by atoms with E-state index < -0.39 is 0 Å². The number of anilines is 1. The van der Waals surface area contributed by atoms with E-state index in [1.807, 2.05) is 38.1 Å². The molecule has 0 saturated carbocycles. The SMILES string of the molecule is Cc1cc(C(C)Nc2ccnc3cc(Cl)ccc23)c(C)o1. The fourth-order valence-electron chi connectivity index (χ4n) is 2.64. The highest BCUT2D eigenvalue weighted by molar-refractivity contribution is 6.31. The van der Waals surface area contributed by atoms with E-state index in [0.29, 0.717) is 5.02 Å². The topological polar surface area (TPSA) is 38.1 Å². The Morgan fingerprint density at radius 2 is 2.00 bits per heavy atom. The molecule has 0 amide bonds. The van der Waals surface area contributed by atoms with E-state index in [9.17, 15) is 0 Å². The second-order valence-electron chi connectivity index (χ2n) is 5.25. The lowest BCUT2D eigenvalue weighted by molar-refractivity contribution is 0.500. The van der Waals surface area contributed by atoms with Crippen molar-refractivity contribution in [2.75, 3.05) is 5.32 Å². The third-order valence-electron chi connectivity index (χ3n) is 3.62. The second-order valence-corrected chi connectivity index (χ2v) is 5.69. The Hall–Kier alpha value is -2.00. The van der Waals surface area contributed by atoms with Crippen molar-refractivity contribution in [2.45, 2.75) is 26.8 Å². The number of benzene rings is 1. The van der Waals surface area contributed by atoms with Gasteiger partial charge in [-0.05, 0) is 51.1 Å². The highest BCUT2D eigenvalue weighted by Gasteiger charge is 2.13. The summed E-state index contributed by atoms with van der Waals surface area (Å²) >= 11 is 6.02. The molecule has 21 heavy (non-hydrogen) atoms.